The van der Waals surface area contributed by atoms with Gasteiger partial charge in [0.15, 0.2) is 0 Å². The van der Waals surface area contributed by atoms with E-state index >= 15 is 0 Å². The molecule has 0 N–H and O–H groups in total. The van der Waals surface area contributed by atoms with Crippen molar-refractivity contribution in [3.8, 4) is 0 Å². The van der Waals surface area contributed by atoms with E-state index in [0.717, 1.165) is 0 Å². The van der Waals surface area contributed by atoms with Crippen LogP contribution in [0, 0.1) is 0 Å². The zero-order valence-corrected chi connectivity index (χ0v) is 5.33. The fourth-order valence-corrected chi connectivity index (χ4v) is 0.145. The van der Waals surface area contributed by atoms with E-state index in [4.69, 9.17) is 23.2 Å². The second kappa shape index (κ2) is 3.28. The summed E-state index contributed by atoms with van der Waals surface area (Å²) in [6.45, 7) is 1.64. The van der Waals surface area contributed by atoms with Gasteiger partial charge in [0.2, 0.25) is 6.29 Å². The second-order valence-electron chi connectivity index (χ2n) is 1.20. The van der Waals surface area contributed by atoms with E-state index in [1.807, 2.05) is 0 Å². The molecule has 0 aromatic rings. The second-order valence-corrected chi connectivity index (χ2v) is 2.36. The Morgan fingerprint density at radius 1 is 1.57 bits per heavy atom. The molecule has 7 heavy (non-hydrogen) atoms. The van der Waals surface area contributed by atoms with Gasteiger partial charge in [-0.05, 0) is 6.92 Å². The third-order valence-corrected chi connectivity index (χ3v) is 1.36. The standard InChI is InChI=1S/C4H5Cl2O/c1-3(5)4(6)2-7/h3-4H,1H3. The summed E-state index contributed by atoms with van der Waals surface area (Å²) in [6, 6.07) is 0. The van der Waals surface area contributed by atoms with E-state index in [1.165, 1.54) is 0 Å². The van der Waals surface area contributed by atoms with Crippen LogP contribution in [0.2, 0.25) is 0 Å². The summed E-state index contributed by atoms with van der Waals surface area (Å²) in [6.07, 6.45) is 1.55. The number of hydrogen-bond acceptors (Lipinski definition) is 1. The smallest absolute Gasteiger partial charge is 0.219 e. The van der Waals surface area contributed by atoms with Crippen molar-refractivity contribution in [1.29, 1.82) is 0 Å². The molecular weight excluding hydrogens is 135 g/mol. The highest BCUT2D eigenvalue weighted by Gasteiger charge is 2.08. The summed E-state index contributed by atoms with van der Waals surface area (Å²) in [5, 5.41) is -0.985. The highest BCUT2D eigenvalue weighted by Crippen LogP contribution is 2.04. The molecular formula is C4H5Cl2O. The lowest BCUT2D eigenvalue weighted by Gasteiger charge is -1.97. The van der Waals surface area contributed by atoms with Crippen LogP contribution >= 0.6 is 23.2 Å². The molecule has 1 radical (unpaired) electrons. The van der Waals surface area contributed by atoms with Gasteiger partial charge in [0.05, 0.1) is 5.38 Å². The quantitative estimate of drug-likeness (QED) is 0.528. The average molecular weight is 140 g/mol. The Morgan fingerprint density at radius 2 is 2.00 bits per heavy atom. The summed E-state index contributed by atoms with van der Waals surface area (Å²) in [5.74, 6) is 0. The van der Waals surface area contributed by atoms with E-state index in [-0.39, 0.29) is 5.38 Å². The highest BCUT2D eigenvalue weighted by molar-refractivity contribution is 6.34. The van der Waals surface area contributed by atoms with Crippen molar-refractivity contribution >= 4 is 29.5 Å². The van der Waals surface area contributed by atoms with Gasteiger partial charge in [0.25, 0.3) is 0 Å². The fraction of sp³-hybridized carbons (Fsp3) is 0.750. The van der Waals surface area contributed by atoms with Crippen LogP contribution in [0.3, 0.4) is 0 Å². The van der Waals surface area contributed by atoms with Crippen molar-refractivity contribution in [2.75, 3.05) is 0 Å². The lowest BCUT2D eigenvalue weighted by molar-refractivity contribution is 0.551. The SMILES string of the molecule is CC(Cl)C(Cl)[C]=O. The van der Waals surface area contributed by atoms with Gasteiger partial charge in [-0.25, -0.2) is 0 Å². The minimum absolute atomic E-state index is 0.320. The molecule has 3 heteroatoms. The van der Waals surface area contributed by atoms with Gasteiger partial charge in [0, 0.05) is 0 Å². The number of rotatable bonds is 2. The predicted octanol–water partition coefficient (Wildman–Crippen LogP) is 1.33. The number of carbonyl (C=O) groups excluding carboxylic acids is 1. The molecule has 0 spiro atoms. The molecule has 2 unspecified atom stereocenters. The monoisotopic (exact) mass is 139 g/mol. The maximum Gasteiger partial charge on any atom is 0.219 e. The van der Waals surface area contributed by atoms with Crippen LogP contribution in [-0.4, -0.2) is 17.0 Å². The molecule has 0 rings (SSSR count). The van der Waals surface area contributed by atoms with Crippen molar-refractivity contribution in [3.05, 3.63) is 0 Å². The van der Waals surface area contributed by atoms with Gasteiger partial charge in [-0.2, -0.15) is 0 Å². The molecule has 0 fully saturated rings. The first-order valence-electron chi connectivity index (χ1n) is 1.84. The Kier molecular flexibility index (Phi) is 3.39. The van der Waals surface area contributed by atoms with E-state index in [0.29, 0.717) is 0 Å². The Bertz CT molecular complexity index is 62.7. The van der Waals surface area contributed by atoms with Crippen molar-refractivity contribution in [2.24, 2.45) is 0 Å². The minimum Gasteiger partial charge on any atom is -0.289 e. The fourth-order valence-electron chi connectivity index (χ4n) is 0.0938. The number of hydrogen-bond donors (Lipinski definition) is 0. The van der Waals surface area contributed by atoms with Gasteiger partial charge in [0.1, 0.15) is 5.38 Å². The molecule has 41 valence electrons. The third kappa shape index (κ3) is 2.89. The van der Waals surface area contributed by atoms with Crippen molar-refractivity contribution < 1.29 is 4.79 Å². The molecule has 1 nitrogen and oxygen atoms in total. The van der Waals surface area contributed by atoms with Crippen LogP contribution in [0.25, 0.3) is 0 Å². The van der Waals surface area contributed by atoms with Gasteiger partial charge >= 0.3 is 0 Å². The van der Waals surface area contributed by atoms with E-state index < -0.39 is 5.38 Å². The first-order valence-corrected chi connectivity index (χ1v) is 2.71. The van der Waals surface area contributed by atoms with E-state index in [2.05, 4.69) is 0 Å². The topological polar surface area (TPSA) is 17.1 Å². The van der Waals surface area contributed by atoms with Gasteiger partial charge in [-0.3, -0.25) is 4.79 Å². The Morgan fingerprint density at radius 3 is 2.00 bits per heavy atom. The Balaban J connectivity index is 3.33. The molecule has 0 aromatic carbocycles. The Labute approximate surface area is 52.6 Å². The lowest BCUT2D eigenvalue weighted by atomic mass is 10.4. The van der Waals surface area contributed by atoms with Gasteiger partial charge in [-0.1, -0.05) is 0 Å². The van der Waals surface area contributed by atoms with Gasteiger partial charge in [-0.15, -0.1) is 23.2 Å². The van der Waals surface area contributed by atoms with E-state index in [1.54, 1.807) is 13.2 Å². The number of halogens is 2. The molecule has 0 amide bonds. The van der Waals surface area contributed by atoms with Crippen molar-refractivity contribution in [3.63, 3.8) is 0 Å². The first-order chi connectivity index (χ1) is 3.18. The molecule has 0 saturated heterocycles. The zero-order chi connectivity index (χ0) is 5.86. The summed E-state index contributed by atoms with van der Waals surface area (Å²) in [7, 11) is 0. The molecule has 0 aliphatic rings. The first kappa shape index (κ1) is 7.25. The van der Waals surface area contributed by atoms with Crippen molar-refractivity contribution in [2.45, 2.75) is 17.7 Å². The maximum atomic E-state index is 9.60. The molecule has 2 atom stereocenters. The average Bonchev–Trinajstić information content (AvgIpc) is 1.65. The largest absolute Gasteiger partial charge is 0.289 e. The Hall–Kier alpha value is 0.250. The van der Waals surface area contributed by atoms with Crippen LogP contribution in [0.4, 0.5) is 0 Å². The third-order valence-electron chi connectivity index (χ3n) is 0.516. The van der Waals surface area contributed by atoms with Crippen LogP contribution in [0.15, 0.2) is 0 Å². The molecule has 0 aliphatic carbocycles. The summed E-state index contributed by atoms with van der Waals surface area (Å²) in [4.78, 5) is 9.60. The zero-order valence-electron chi connectivity index (χ0n) is 3.82. The maximum absolute atomic E-state index is 9.60. The lowest BCUT2D eigenvalue weighted by Crippen LogP contribution is -2.11. The highest BCUT2D eigenvalue weighted by atomic mass is 35.5. The molecule has 0 bridgehead atoms. The minimum atomic E-state index is -0.665. The van der Waals surface area contributed by atoms with Gasteiger partial charge < -0.3 is 0 Å². The molecule has 0 saturated carbocycles. The van der Waals surface area contributed by atoms with Crippen LogP contribution in [0.1, 0.15) is 6.92 Å². The summed E-state index contributed by atoms with van der Waals surface area (Å²) in [5.41, 5.74) is 0. The van der Waals surface area contributed by atoms with Crippen molar-refractivity contribution in [1.82, 2.24) is 0 Å². The van der Waals surface area contributed by atoms with Crippen LogP contribution in [-0.2, 0) is 4.79 Å². The normalized spacial score (nSPS) is 18.1. The van der Waals surface area contributed by atoms with Crippen LogP contribution in [0.5, 0.6) is 0 Å². The predicted molar refractivity (Wildman–Crippen MR) is 30.6 cm³/mol. The number of alkyl halides is 2. The summed E-state index contributed by atoms with van der Waals surface area (Å²) >= 11 is 10.6. The van der Waals surface area contributed by atoms with E-state index in [9.17, 15) is 4.79 Å². The summed E-state index contributed by atoms with van der Waals surface area (Å²) < 4.78 is 0. The molecule has 0 aromatic heterocycles. The van der Waals surface area contributed by atoms with Crippen LogP contribution < -0.4 is 0 Å². The molecule has 0 aliphatic heterocycles. The molecule has 0 heterocycles.